The molecule has 176 valence electrons. The van der Waals surface area contributed by atoms with Gasteiger partial charge in [-0.15, -0.1) is 24.0 Å². The van der Waals surface area contributed by atoms with Gasteiger partial charge in [0.15, 0.2) is 5.96 Å². The Morgan fingerprint density at radius 2 is 1.78 bits per heavy atom. The van der Waals surface area contributed by atoms with Gasteiger partial charge in [-0.25, -0.2) is 4.99 Å². The zero-order valence-electron chi connectivity index (χ0n) is 19.1. The van der Waals surface area contributed by atoms with Crippen molar-refractivity contribution in [3.8, 4) is 5.75 Å². The van der Waals surface area contributed by atoms with Gasteiger partial charge in [-0.3, -0.25) is 4.79 Å². The van der Waals surface area contributed by atoms with Crippen LogP contribution in [-0.4, -0.2) is 45.3 Å². The standard InChI is InChI=1S/C24H34N4O3.HI/c1-4-25-23(29)21-9-6-8-20(16-21)18-28-24(26-14-7-15-31-5-2)27-17-19-10-12-22(30-3)13-11-19;/h6,8-13,16H,4-5,7,14-15,17-18H2,1-3H3,(H,25,29)(H2,26,27,28);1H. The molecule has 0 saturated carbocycles. The van der Waals surface area contributed by atoms with Gasteiger partial charge in [-0.05, 0) is 55.7 Å². The summed E-state index contributed by atoms with van der Waals surface area (Å²) in [6.07, 6.45) is 0.893. The topological polar surface area (TPSA) is 84.0 Å². The minimum absolute atomic E-state index is 0. The number of nitrogens with zero attached hydrogens (tertiary/aromatic N) is 1. The monoisotopic (exact) mass is 554 g/mol. The first kappa shape index (κ1) is 27.7. The van der Waals surface area contributed by atoms with Gasteiger partial charge in [-0.1, -0.05) is 24.3 Å². The lowest BCUT2D eigenvalue weighted by molar-refractivity contribution is 0.0955. The summed E-state index contributed by atoms with van der Waals surface area (Å²) in [4.78, 5) is 16.8. The normalized spacial score (nSPS) is 10.8. The van der Waals surface area contributed by atoms with E-state index in [4.69, 9.17) is 14.5 Å². The summed E-state index contributed by atoms with van der Waals surface area (Å²) in [5, 5.41) is 9.55. The summed E-state index contributed by atoms with van der Waals surface area (Å²) < 4.78 is 10.6. The molecule has 0 aromatic heterocycles. The molecule has 2 rings (SSSR count). The molecule has 0 saturated heterocycles. The average Bonchev–Trinajstić information content (AvgIpc) is 2.81. The fourth-order valence-electron chi connectivity index (χ4n) is 2.87. The number of carbonyl (C=O) groups is 1. The highest BCUT2D eigenvalue weighted by Gasteiger charge is 2.05. The molecule has 0 aliphatic rings. The lowest BCUT2D eigenvalue weighted by Gasteiger charge is -2.13. The van der Waals surface area contributed by atoms with Crippen LogP contribution in [0.2, 0.25) is 0 Å². The largest absolute Gasteiger partial charge is 0.497 e. The minimum Gasteiger partial charge on any atom is -0.497 e. The Hall–Kier alpha value is -2.33. The summed E-state index contributed by atoms with van der Waals surface area (Å²) >= 11 is 0. The predicted octanol–water partition coefficient (Wildman–Crippen LogP) is 3.72. The number of nitrogens with one attached hydrogen (secondary N) is 3. The van der Waals surface area contributed by atoms with Crippen molar-refractivity contribution in [1.82, 2.24) is 16.0 Å². The summed E-state index contributed by atoms with van der Waals surface area (Å²) in [5.41, 5.74) is 2.75. The van der Waals surface area contributed by atoms with Crippen molar-refractivity contribution >= 4 is 35.8 Å². The third-order valence-corrected chi connectivity index (χ3v) is 4.53. The number of aliphatic imine (C=N–C) groups is 1. The molecule has 8 heteroatoms. The molecule has 0 unspecified atom stereocenters. The van der Waals surface area contributed by atoms with E-state index in [0.29, 0.717) is 31.8 Å². The Balaban J connectivity index is 0.00000512. The molecule has 2 aromatic carbocycles. The molecule has 0 atom stereocenters. The second-order valence-electron chi connectivity index (χ2n) is 6.90. The first-order valence-electron chi connectivity index (χ1n) is 10.8. The fraction of sp³-hybridized carbons (Fsp3) is 0.417. The van der Waals surface area contributed by atoms with E-state index in [1.54, 1.807) is 7.11 Å². The van der Waals surface area contributed by atoms with Crippen molar-refractivity contribution in [1.29, 1.82) is 0 Å². The van der Waals surface area contributed by atoms with Crippen LogP contribution in [0, 0.1) is 0 Å². The van der Waals surface area contributed by atoms with E-state index in [2.05, 4.69) is 16.0 Å². The van der Waals surface area contributed by atoms with Crippen LogP contribution in [0.3, 0.4) is 0 Å². The molecular formula is C24H35IN4O3. The molecule has 0 aliphatic heterocycles. The van der Waals surface area contributed by atoms with Gasteiger partial charge < -0.3 is 25.4 Å². The summed E-state index contributed by atoms with van der Waals surface area (Å²) in [7, 11) is 1.66. The molecule has 0 bridgehead atoms. The van der Waals surface area contributed by atoms with Crippen molar-refractivity contribution in [3.63, 3.8) is 0 Å². The second-order valence-corrected chi connectivity index (χ2v) is 6.90. The highest BCUT2D eigenvalue weighted by atomic mass is 127. The Labute approximate surface area is 208 Å². The van der Waals surface area contributed by atoms with Crippen molar-refractivity contribution in [2.45, 2.75) is 33.4 Å². The van der Waals surface area contributed by atoms with Crippen LogP contribution in [0.1, 0.15) is 41.8 Å². The van der Waals surface area contributed by atoms with Crippen molar-refractivity contribution in [2.24, 2.45) is 4.99 Å². The molecule has 0 heterocycles. The second kappa shape index (κ2) is 16.3. The van der Waals surface area contributed by atoms with Gasteiger partial charge in [0.05, 0.1) is 13.7 Å². The maximum Gasteiger partial charge on any atom is 0.251 e. The van der Waals surface area contributed by atoms with Gasteiger partial charge in [0.25, 0.3) is 5.91 Å². The third kappa shape index (κ3) is 10.3. The van der Waals surface area contributed by atoms with E-state index < -0.39 is 0 Å². The van der Waals surface area contributed by atoms with E-state index in [1.807, 2.05) is 62.4 Å². The molecular weight excluding hydrogens is 519 g/mol. The lowest BCUT2D eigenvalue weighted by Crippen LogP contribution is -2.37. The first-order chi connectivity index (χ1) is 15.2. The first-order valence-corrected chi connectivity index (χ1v) is 10.8. The van der Waals surface area contributed by atoms with E-state index in [9.17, 15) is 4.79 Å². The zero-order valence-corrected chi connectivity index (χ0v) is 21.5. The van der Waals surface area contributed by atoms with E-state index in [1.165, 1.54) is 0 Å². The molecule has 0 radical (unpaired) electrons. The van der Waals surface area contributed by atoms with Crippen molar-refractivity contribution in [2.75, 3.05) is 33.4 Å². The maximum atomic E-state index is 12.1. The highest BCUT2D eigenvalue weighted by molar-refractivity contribution is 14.0. The van der Waals surface area contributed by atoms with Crippen LogP contribution in [0.25, 0.3) is 0 Å². The SMILES string of the molecule is CCNC(=O)c1cccc(CN=C(NCCCOCC)NCc2ccc(OC)cc2)c1.I. The number of halogens is 1. The quantitative estimate of drug-likeness (QED) is 0.161. The van der Waals surface area contributed by atoms with Crippen LogP contribution in [0.15, 0.2) is 53.5 Å². The number of hydrogen-bond acceptors (Lipinski definition) is 4. The van der Waals surface area contributed by atoms with Gasteiger partial charge in [0.2, 0.25) is 0 Å². The van der Waals surface area contributed by atoms with Crippen LogP contribution in [-0.2, 0) is 17.8 Å². The molecule has 7 nitrogen and oxygen atoms in total. The minimum atomic E-state index is -0.0692. The molecule has 0 aliphatic carbocycles. The molecule has 2 aromatic rings. The van der Waals surface area contributed by atoms with Gasteiger partial charge in [-0.2, -0.15) is 0 Å². The van der Waals surface area contributed by atoms with E-state index >= 15 is 0 Å². The number of guanidine groups is 1. The van der Waals surface area contributed by atoms with Gasteiger partial charge in [0.1, 0.15) is 5.75 Å². The number of ether oxygens (including phenoxy) is 2. The van der Waals surface area contributed by atoms with Crippen molar-refractivity contribution < 1.29 is 14.3 Å². The molecule has 3 N–H and O–H groups in total. The van der Waals surface area contributed by atoms with Crippen LogP contribution < -0.4 is 20.7 Å². The third-order valence-electron chi connectivity index (χ3n) is 4.53. The highest BCUT2D eigenvalue weighted by Crippen LogP contribution is 2.11. The maximum absolute atomic E-state index is 12.1. The summed E-state index contributed by atoms with van der Waals surface area (Å²) in [6, 6.07) is 15.5. The zero-order chi connectivity index (χ0) is 22.3. The Morgan fingerprint density at radius 1 is 1.00 bits per heavy atom. The Bertz CT molecular complexity index is 828. The molecule has 0 spiro atoms. The van der Waals surface area contributed by atoms with Crippen LogP contribution >= 0.6 is 24.0 Å². The molecule has 32 heavy (non-hydrogen) atoms. The lowest BCUT2D eigenvalue weighted by atomic mass is 10.1. The molecule has 0 fully saturated rings. The van der Waals surface area contributed by atoms with Crippen LogP contribution in [0.5, 0.6) is 5.75 Å². The Kier molecular flexibility index (Phi) is 14.1. The smallest absolute Gasteiger partial charge is 0.251 e. The number of methoxy groups -OCH3 is 1. The number of amides is 1. The number of carbonyl (C=O) groups excluding carboxylic acids is 1. The van der Waals surface area contributed by atoms with Gasteiger partial charge >= 0.3 is 0 Å². The summed E-state index contributed by atoms with van der Waals surface area (Å²) in [5.74, 6) is 1.48. The average molecular weight is 554 g/mol. The summed E-state index contributed by atoms with van der Waals surface area (Å²) in [6.45, 7) is 7.80. The number of rotatable bonds is 12. The number of hydrogen-bond donors (Lipinski definition) is 3. The van der Waals surface area contributed by atoms with E-state index in [0.717, 1.165) is 42.4 Å². The van der Waals surface area contributed by atoms with Gasteiger partial charge in [0, 0.05) is 38.4 Å². The van der Waals surface area contributed by atoms with Crippen molar-refractivity contribution in [3.05, 3.63) is 65.2 Å². The molecule has 1 amide bonds. The predicted molar refractivity (Wildman–Crippen MR) is 140 cm³/mol. The van der Waals surface area contributed by atoms with Crippen LogP contribution in [0.4, 0.5) is 0 Å². The fourth-order valence-corrected chi connectivity index (χ4v) is 2.87. The Morgan fingerprint density at radius 3 is 2.47 bits per heavy atom. The number of benzene rings is 2. The van der Waals surface area contributed by atoms with E-state index in [-0.39, 0.29) is 29.9 Å².